The van der Waals surface area contributed by atoms with Crippen LogP contribution in [0.4, 0.5) is 0 Å². The summed E-state index contributed by atoms with van der Waals surface area (Å²) in [6.45, 7) is 4.63. The third-order valence-corrected chi connectivity index (χ3v) is 4.82. The Kier molecular flexibility index (Phi) is 7.54. The molecule has 0 aliphatic carbocycles. The maximum Gasteiger partial charge on any atom is 0.242 e. The molecule has 0 aliphatic heterocycles. The lowest BCUT2D eigenvalue weighted by molar-refractivity contribution is -0.138. The first-order valence-electron chi connectivity index (χ1n) is 8.40. The van der Waals surface area contributed by atoms with E-state index in [2.05, 4.69) is 5.32 Å². The summed E-state index contributed by atoms with van der Waals surface area (Å²) < 4.78 is 0. The Morgan fingerprint density at radius 2 is 1.64 bits per heavy atom. The minimum absolute atomic E-state index is 0.0449. The fraction of sp³-hybridized carbons (Fsp3) is 0.300. The Bertz CT molecular complexity index is 677. The standard InChI is InChI=1S/C20H24N2O2S/c1-3-21-20(24)16(2)22(14-17-10-6-4-7-11-17)19(23)15-25-18-12-8-5-9-13-18/h4-13,16H,3,14-15H2,1-2H3,(H,21,24). The zero-order valence-corrected chi connectivity index (χ0v) is 15.5. The molecule has 0 bridgehead atoms. The molecule has 132 valence electrons. The van der Waals surface area contributed by atoms with Crippen LogP contribution in [0.5, 0.6) is 0 Å². The minimum Gasteiger partial charge on any atom is -0.355 e. The second-order valence-electron chi connectivity index (χ2n) is 5.68. The van der Waals surface area contributed by atoms with Crippen LogP contribution < -0.4 is 5.32 Å². The van der Waals surface area contributed by atoms with Gasteiger partial charge in [-0.1, -0.05) is 48.5 Å². The van der Waals surface area contributed by atoms with Gasteiger partial charge in [-0.2, -0.15) is 0 Å². The van der Waals surface area contributed by atoms with Crippen molar-refractivity contribution in [1.82, 2.24) is 10.2 Å². The first-order chi connectivity index (χ1) is 12.1. The topological polar surface area (TPSA) is 49.4 Å². The maximum absolute atomic E-state index is 12.8. The van der Waals surface area contributed by atoms with Crippen LogP contribution in [0.1, 0.15) is 19.4 Å². The van der Waals surface area contributed by atoms with Gasteiger partial charge < -0.3 is 10.2 Å². The van der Waals surface area contributed by atoms with E-state index in [1.807, 2.05) is 67.6 Å². The summed E-state index contributed by atoms with van der Waals surface area (Å²) in [5.41, 5.74) is 1.01. The van der Waals surface area contributed by atoms with Crippen LogP contribution in [0.2, 0.25) is 0 Å². The summed E-state index contributed by atoms with van der Waals surface area (Å²) in [6.07, 6.45) is 0. The smallest absolute Gasteiger partial charge is 0.242 e. The summed E-state index contributed by atoms with van der Waals surface area (Å²) in [7, 11) is 0. The average molecular weight is 356 g/mol. The second-order valence-corrected chi connectivity index (χ2v) is 6.73. The van der Waals surface area contributed by atoms with Crippen molar-refractivity contribution in [2.45, 2.75) is 31.3 Å². The highest BCUT2D eigenvalue weighted by atomic mass is 32.2. The van der Waals surface area contributed by atoms with Crippen molar-refractivity contribution in [3.8, 4) is 0 Å². The molecule has 25 heavy (non-hydrogen) atoms. The molecule has 5 heteroatoms. The van der Waals surface area contributed by atoms with Gasteiger partial charge in [-0.25, -0.2) is 0 Å². The molecule has 0 aliphatic rings. The molecule has 2 aromatic carbocycles. The normalized spacial score (nSPS) is 11.6. The quantitative estimate of drug-likeness (QED) is 0.738. The molecule has 0 spiro atoms. The number of rotatable bonds is 8. The highest BCUT2D eigenvalue weighted by Crippen LogP contribution is 2.19. The third kappa shape index (κ3) is 5.94. The van der Waals surface area contributed by atoms with Crippen LogP contribution in [0.25, 0.3) is 0 Å². The van der Waals surface area contributed by atoms with Crippen LogP contribution in [0, 0.1) is 0 Å². The van der Waals surface area contributed by atoms with E-state index < -0.39 is 6.04 Å². The van der Waals surface area contributed by atoms with E-state index in [0.29, 0.717) is 18.8 Å². The van der Waals surface area contributed by atoms with Gasteiger partial charge in [0, 0.05) is 18.0 Å². The maximum atomic E-state index is 12.8. The van der Waals surface area contributed by atoms with Crippen molar-refractivity contribution in [2.24, 2.45) is 0 Å². The van der Waals surface area contributed by atoms with Gasteiger partial charge in [0.25, 0.3) is 0 Å². The Hall–Kier alpha value is -2.27. The van der Waals surface area contributed by atoms with Gasteiger partial charge in [0.2, 0.25) is 11.8 Å². The molecule has 2 amide bonds. The van der Waals surface area contributed by atoms with Crippen molar-refractivity contribution >= 4 is 23.6 Å². The fourth-order valence-electron chi connectivity index (χ4n) is 2.43. The van der Waals surface area contributed by atoms with E-state index in [9.17, 15) is 9.59 Å². The average Bonchev–Trinajstić information content (AvgIpc) is 2.65. The van der Waals surface area contributed by atoms with Crippen molar-refractivity contribution < 1.29 is 9.59 Å². The number of hydrogen-bond donors (Lipinski definition) is 1. The number of carbonyl (C=O) groups excluding carboxylic acids is 2. The Morgan fingerprint density at radius 3 is 2.24 bits per heavy atom. The van der Waals surface area contributed by atoms with Crippen molar-refractivity contribution in [2.75, 3.05) is 12.3 Å². The molecule has 0 aromatic heterocycles. The molecule has 0 fully saturated rings. The van der Waals surface area contributed by atoms with Gasteiger partial charge in [0.15, 0.2) is 0 Å². The second kappa shape index (κ2) is 9.89. The number of hydrogen-bond acceptors (Lipinski definition) is 3. The van der Waals surface area contributed by atoms with Crippen LogP contribution in [0.3, 0.4) is 0 Å². The lowest BCUT2D eigenvalue weighted by Gasteiger charge is -2.28. The van der Waals surface area contributed by atoms with Gasteiger partial charge in [-0.05, 0) is 31.5 Å². The lowest BCUT2D eigenvalue weighted by Crippen LogP contribution is -2.48. The largest absolute Gasteiger partial charge is 0.355 e. The van der Waals surface area contributed by atoms with Gasteiger partial charge >= 0.3 is 0 Å². The number of nitrogens with zero attached hydrogens (tertiary/aromatic N) is 1. The Labute approximate surface area is 153 Å². The van der Waals surface area contributed by atoms with Gasteiger partial charge in [-0.15, -0.1) is 11.8 Å². The molecule has 2 aromatic rings. The van der Waals surface area contributed by atoms with E-state index in [1.165, 1.54) is 11.8 Å². The predicted octanol–water partition coefficient (Wildman–Crippen LogP) is 3.33. The van der Waals surface area contributed by atoms with Gasteiger partial charge in [0.05, 0.1) is 5.75 Å². The predicted molar refractivity (Wildman–Crippen MR) is 102 cm³/mol. The molecule has 0 heterocycles. The van der Waals surface area contributed by atoms with Crippen LogP contribution in [0.15, 0.2) is 65.6 Å². The first-order valence-corrected chi connectivity index (χ1v) is 9.39. The molecule has 1 N–H and O–H groups in total. The summed E-state index contributed by atoms with van der Waals surface area (Å²) in [5, 5.41) is 2.80. The summed E-state index contributed by atoms with van der Waals surface area (Å²) >= 11 is 1.49. The zero-order chi connectivity index (χ0) is 18.1. The van der Waals surface area contributed by atoms with Crippen LogP contribution >= 0.6 is 11.8 Å². The molecule has 4 nitrogen and oxygen atoms in total. The van der Waals surface area contributed by atoms with E-state index >= 15 is 0 Å². The number of carbonyl (C=O) groups is 2. The van der Waals surface area contributed by atoms with E-state index in [-0.39, 0.29) is 11.8 Å². The monoisotopic (exact) mass is 356 g/mol. The van der Waals surface area contributed by atoms with Crippen molar-refractivity contribution in [1.29, 1.82) is 0 Å². The molecular formula is C20H24N2O2S. The first kappa shape index (κ1) is 19.1. The lowest BCUT2D eigenvalue weighted by atomic mass is 10.1. The molecular weight excluding hydrogens is 332 g/mol. The van der Waals surface area contributed by atoms with Crippen LogP contribution in [-0.2, 0) is 16.1 Å². The fourth-order valence-corrected chi connectivity index (χ4v) is 3.23. The van der Waals surface area contributed by atoms with E-state index in [4.69, 9.17) is 0 Å². The SMILES string of the molecule is CCNC(=O)C(C)N(Cc1ccccc1)C(=O)CSc1ccccc1. The number of thioether (sulfide) groups is 1. The molecule has 0 radical (unpaired) electrons. The summed E-state index contributed by atoms with van der Waals surface area (Å²) in [4.78, 5) is 27.7. The number of nitrogens with one attached hydrogen (secondary N) is 1. The molecule has 0 saturated heterocycles. The van der Waals surface area contributed by atoms with E-state index in [0.717, 1.165) is 10.5 Å². The number of amides is 2. The van der Waals surface area contributed by atoms with Gasteiger partial charge in [0.1, 0.15) is 6.04 Å². The van der Waals surface area contributed by atoms with Crippen LogP contribution in [-0.4, -0.2) is 35.1 Å². The summed E-state index contributed by atoms with van der Waals surface area (Å²) in [6, 6.07) is 19.0. The van der Waals surface area contributed by atoms with Crippen molar-refractivity contribution in [3.63, 3.8) is 0 Å². The third-order valence-electron chi connectivity index (χ3n) is 3.82. The highest BCUT2D eigenvalue weighted by molar-refractivity contribution is 8.00. The Morgan fingerprint density at radius 1 is 1.04 bits per heavy atom. The van der Waals surface area contributed by atoms with E-state index in [1.54, 1.807) is 11.8 Å². The highest BCUT2D eigenvalue weighted by Gasteiger charge is 2.25. The molecule has 2 rings (SSSR count). The molecule has 1 unspecified atom stereocenters. The number of likely N-dealkylation sites (N-methyl/N-ethyl adjacent to an activating group) is 1. The Balaban J connectivity index is 2.09. The van der Waals surface area contributed by atoms with Crippen molar-refractivity contribution in [3.05, 3.63) is 66.2 Å². The molecule has 1 atom stereocenters. The zero-order valence-electron chi connectivity index (χ0n) is 14.6. The summed E-state index contributed by atoms with van der Waals surface area (Å²) in [5.74, 6) is 0.133. The minimum atomic E-state index is -0.510. The molecule has 0 saturated carbocycles. The van der Waals surface area contributed by atoms with Gasteiger partial charge in [-0.3, -0.25) is 9.59 Å². The number of benzene rings is 2.